The number of alkyl halides is 2. The molecule has 4 N–H and O–H groups in total. The van der Waals surface area contributed by atoms with Gasteiger partial charge in [-0.1, -0.05) is 6.07 Å². The van der Waals surface area contributed by atoms with Crippen molar-refractivity contribution in [3.63, 3.8) is 0 Å². The summed E-state index contributed by atoms with van der Waals surface area (Å²) >= 11 is 0. The average molecular weight is 498 g/mol. The molecule has 11 heteroatoms. The summed E-state index contributed by atoms with van der Waals surface area (Å²) in [5.74, 6) is -1.51. The molecule has 0 saturated carbocycles. The highest BCUT2D eigenvalue weighted by atomic mass is 19.3. The van der Waals surface area contributed by atoms with Crippen molar-refractivity contribution in [1.82, 2.24) is 0 Å². The number of primary amides is 1. The van der Waals surface area contributed by atoms with E-state index in [0.717, 1.165) is 18.5 Å². The lowest BCUT2D eigenvalue weighted by molar-refractivity contribution is -0.119. The van der Waals surface area contributed by atoms with E-state index in [1.807, 2.05) is 0 Å². The molecule has 0 unspecified atom stereocenters. The van der Waals surface area contributed by atoms with Gasteiger partial charge >= 0.3 is 6.61 Å². The van der Waals surface area contributed by atoms with Crippen molar-refractivity contribution in [1.29, 1.82) is 0 Å². The van der Waals surface area contributed by atoms with E-state index in [9.17, 15) is 23.2 Å². The predicted octanol–water partition coefficient (Wildman–Crippen LogP) is 3.01. The van der Waals surface area contributed by atoms with Gasteiger partial charge in [0.1, 0.15) is 17.2 Å². The average Bonchev–Trinajstić information content (AvgIpc) is 2.85. The third-order valence-electron chi connectivity index (χ3n) is 5.99. The van der Waals surface area contributed by atoms with Gasteiger partial charge in [-0.05, 0) is 55.7 Å². The van der Waals surface area contributed by atoms with Crippen molar-refractivity contribution in [2.75, 3.05) is 22.9 Å². The molecule has 0 spiro atoms. The van der Waals surface area contributed by atoms with Crippen LogP contribution in [0.3, 0.4) is 0 Å². The summed E-state index contributed by atoms with van der Waals surface area (Å²) in [4.78, 5) is 45.0. The zero-order valence-corrected chi connectivity index (χ0v) is 19.3. The topological polar surface area (TPSA) is 131 Å². The molecule has 188 valence electrons. The Morgan fingerprint density at radius 1 is 0.944 bits per heavy atom. The van der Waals surface area contributed by atoms with Gasteiger partial charge in [0, 0.05) is 42.5 Å². The number of hydrogen-bond acceptors (Lipinski definition) is 6. The number of ether oxygens (including phenoxy) is 1. The fourth-order valence-corrected chi connectivity index (χ4v) is 4.22. The summed E-state index contributed by atoms with van der Waals surface area (Å²) in [6.07, 6.45) is 2.50. The third-order valence-corrected chi connectivity index (χ3v) is 5.99. The second-order valence-electron chi connectivity index (χ2n) is 8.32. The Morgan fingerprint density at radius 3 is 2.28 bits per heavy atom. The van der Waals surface area contributed by atoms with Gasteiger partial charge in [0.25, 0.3) is 11.8 Å². The summed E-state index contributed by atoms with van der Waals surface area (Å²) in [7, 11) is 0. The number of halogens is 2. The van der Waals surface area contributed by atoms with Crippen molar-refractivity contribution in [2.24, 2.45) is 16.5 Å². The lowest BCUT2D eigenvalue weighted by Gasteiger charge is -2.31. The molecule has 2 aromatic carbocycles. The largest absolute Gasteiger partial charge is 0.435 e. The Hall–Kier alpha value is -4.28. The standard InChI is InChI=1S/C25H25F2N5O4/c26-25(27)36-18-5-3-4-15(14-18)30-22-19(21(28)23(29)34)11-13-32(24(22)35)17-9-7-16(8-10-17)31-12-2-1-6-20(31)33/h3-5,7-10,14,25H,1-2,6,11-13,28H2,(H2,29,34). The highest BCUT2D eigenvalue weighted by molar-refractivity contribution is 6.51. The first-order valence-electron chi connectivity index (χ1n) is 11.4. The number of nitrogens with two attached hydrogens (primary N) is 2. The molecule has 2 fully saturated rings. The summed E-state index contributed by atoms with van der Waals surface area (Å²) in [5, 5.41) is 0. The first kappa shape index (κ1) is 24.8. The molecule has 36 heavy (non-hydrogen) atoms. The van der Waals surface area contributed by atoms with Gasteiger partial charge in [-0.25, -0.2) is 4.99 Å². The molecule has 2 aromatic rings. The Balaban J connectivity index is 1.67. The molecule has 0 radical (unpaired) electrons. The van der Waals surface area contributed by atoms with Crippen molar-refractivity contribution < 1.29 is 27.9 Å². The maximum absolute atomic E-state index is 13.5. The minimum absolute atomic E-state index is 0.0622. The van der Waals surface area contributed by atoms with Gasteiger partial charge in [0.2, 0.25) is 5.91 Å². The Kier molecular flexibility index (Phi) is 7.28. The number of rotatable bonds is 6. The minimum atomic E-state index is -3.02. The SMILES string of the molecule is NC(=O)C(N)=C1CCN(c2ccc(N3CCCCC3=O)cc2)C(=O)C1=Nc1cccc(OC(F)F)c1. The fourth-order valence-electron chi connectivity index (χ4n) is 4.22. The molecule has 0 aromatic heterocycles. The number of carbonyl (C=O) groups excluding carboxylic acids is 3. The van der Waals surface area contributed by atoms with Crippen molar-refractivity contribution in [3.8, 4) is 5.75 Å². The molecule has 2 aliphatic rings. The van der Waals surface area contributed by atoms with E-state index in [0.29, 0.717) is 18.7 Å². The Bertz CT molecular complexity index is 1240. The molecule has 2 saturated heterocycles. The van der Waals surface area contributed by atoms with Crippen LogP contribution in [0.4, 0.5) is 25.8 Å². The highest BCUT2D eigenvalue weighted by Crippen LogP contribution is 2.30. The smallest absolute Gasteiger partial charge is 0.387 e. The summed E-state index contributed by atoms with van der Waals surface area (Å²) in [5.41, 5.74) is 12.5. The first-order valence-corrected chi connectivity index (χ1v) is 11.4. The number of aliphatic imine (C=N–C) groups is 1. The van der Waals surface area contributed by atoms with Gasteiger partial charge in [0.05, 0.1) is 5.69 Å². The molecule has 2 aliphatic heterocycles. The quantitative estimate of drug-likeness (QED) is 0.593. The van der Waals surface area contributed by atoms with Crippen molar-refractivity contribution >= 4 is 40.5 Å². The zero-order valence-electron chi connectivity index (χ0n) is 19.3. The van der Waals surface area contributed by atoms with Gasteiger partial charge in [0.15, 0.2) is 0 Å². The lowest BCUT2D eigenvalue weighted by atomic mass is 9.97. The Labute approximate surface area is 206 Å². The van der Waals surface area contributed by atoms with E-state index in [2.05, 4.69) is 9.73 Å². The van der Waals surface area contributed by atoms with E-state index < -0.39 is 18.4 Å². The molecule has 2 heterocycles. The van der Waals surface area contributed by atoms with Crippen molar-refractivity contribution in [2.45, 2.75) is 32.3 Å². The maximum Gasteiger partial charge on any atom is 0.387 e. The number of anilines is 2. The van der Waals surface area contributed by atoms with Crippen LogP contribution in [0.15, 0.2) is 64.8 Å². The third kappa shape index (κ3) is 5.35. The molecule has 4 rings (SSSR count). The highest BCUT2D eigenvalue weighted by Gasteiger charge is 2.32. The van der Waals surface area contributed by atoms with Gasteiger partial charge < -0.3 is 26.0 Å². The molecule has 0 aliphatic carbocycles. The van der Waals surface area contributed by atoms with Crippen molar-refractivity contribution in [3.05, 3.63) is 59.8 Å². The first-order chi connectivity index (χ1) is 17.2. The predicted molar refractivity (Wildman–Crippen MR) is 130 cm³/mol. The number of benzene rings is 2. The molecular formula is C25H25F2N5O4. The second-order valence-corrected chi connectivity index (χ2v) is 8.32. The van der Waals surface area contributed by atoms with Crippen LogP contribution in [0.25, 0.3) is 0 Å². The number of piperidine rings is 2. The molecule has 3 amide bonds. The minimum Gasteiger partial charge on any atom is -0.435 e. The number of hydrogen-bond donors (Lipinski definition) is 2. The summed E-state index contributed by atoms with van der Waals surface area (Å²) < 4.78 is 29.6. The Morgan fingerprint density at radius 2 is 1.64 bits per heavy atom. The van der Waals surface area contributed by atoms with Gasteiger partial charge in [-0.3, -0.25) is 14.4 Å². The van der Waals surface area contributed by atoms with Crippen LogP contribution in [-0.4, -0.2) is 43.1 Å². The van der Waals surface area contributed by atoms with E-state index in [-0.39, 0.29) is 47.3 Å². The van der Waals surface area contributed by atoms with Crippen LogP contribution in [0, 0.1) is 0 Å². The van der Waals surface area contributed by atoms with Crippen LogP contribution < -0.4 is 26.0 Å². The number of carbonyl (C=O) groups is 3. The van der Waals surface area contributed by atoms with Crippen LogP contribution in [0.2, 0.25) is 0 Å². The van der Waals surface area contributed by atoms with Crippen LogP contribution >= 0.6 is 0 Å². The van der Waals surface area contributed by atoms with E-state index in [1.165, 1.54) is 29.2 Å². The van der Waals surface area contributed by atoms with Crippen LogP contribution in [0.1, 0.15) is 25.7 Å². The van der Waals surface area contributed by atoms with E-state index in [1.54, 1.807) is 29.2 Å². The molecule has 0 bridgehead atoms. The van der Waals surface area contributed by atoms with E-state index in [4.69, 9.17) is 11.5 Å². The second kappa shape index (κ2) is 10.5. The molecule has 0 atom stereocenters. The van der Waals surface area contributed by atoms with Crippen LogP contribution in [0.5, 0.6) is 5.75 Å². The monoisotopic (exact) mass is 497 g/mol. The fraction of sp³-hybridized carbons (Fsp3) is 0.280. The summed E-state index contributed by atoms with van der Waals surface area (Å²) in [6, 6.07) is 12.5. The van der Waals surface area contributed by atoms with Gasteiger partial charge in [-0.15, -0.1) is 0 Å². The zero-order chi connectivity index (χ0) is 25.8. The normalized spacial score (nSPS) is 19.1. The van der Waals surface area contributed by atoms with Gasteiger partial charge in [-0.2, -0.15) is 8.78 Å². The lowest BCUT2D eigenvalue weighted by Crippen LogP contribution is -2.44. The van der Waals surface area contributed by atoms with E-state index >= 15 is 0 Å². The molecule has 9 nitrogen and oxygen atoms in total. The number of amides is 3. The van der Waals surface area contributed by atoms with Crippen LogP contribution in [-0.2, 0) is 14.4 Å². The maximum atomic E-state index is 13.5. The summed E-state index contributed by atoms with van der Waals surface area (Å²) in [6.45, 7) is -2.17. The number of nitrogens with zero attached hydrogens (tertiary/aromatic N) is 3. The molecular weight excluding hydrogens is 472 g/mol.